The van der Waals surface area contributed by atoms with Crippen molar-refractivity contribution in [3.8, 4) is 0 Å². The first kappa shape index (κ1) is 69.2. The van der Waals surface area contributed by atoms with E-state index in [1.54, 1.807) is 0 Å². The standard InChI is InChI=1S/2C17H28N2OSi.2C12H21BrN2OSi.C5H9BO2/c1-21(2,3)11-10-20-13-19-12-18-16(14-8-9-14)17(19)15-6-4-5-7-15;1-21(2,3)11-10-20-13-19-12-18-16(14-6-4-5-7-14)17(19)15-8-9-15;1-17(2,3)7-6-16-9-15-8-14-12(13)11(15)10-4-5-10;1-17(2,3)7-6-16-9-15-8-14-11(12(15)13)10-4-5-10;7-6(8)5-3-1-2-4-5/h6,12,14H,4-5,7-11,13H2,1-3H3;6,12,15H,4-5,7-11,13H2,1-3H3;2*8,10H,4-7,9H2,1-3H3;3,7-8H,1-2,4H2. The van der Waals surface area contributed by atoms with Crippen LogP contribution in [0.4, 0.5) is 0 Å². The molecular weight excluding hydrogens is 1250 g/mol. The molecule has 7 aliphatic rings. The second-order valence-electron chi connectivity index (χ2n) is 29.5. The number of nitrogens with zero attached hydrogens (tertiary/aromatic N) is 8. The van der Waals surface area contributed by atoms with Gasteiger partial charge in [0, 0.05) is 82.4 Å². The van der Waals surface area contributed by atoms with E-state index in [4.69, 9.17) is 39.0 Å². The van der Waals surface area contributed by atoms with Crippen LogP contribution in [0.5, 0.6) is 0 Å². The molecule has 0 aromatic carbocycles. The first-order valence-electron chi connectivity index (χ1n) is 32.1. The molecule has 0 bridgehead atoms. The quantitative estimate of drug-likeness (QED) is 0.0436. The van der Waals surface area contributed by atoms with Gasteiger partial charge in [0.25, 0.3) is 0 Å². The van der Waals surface area contributed by atoms with Gasteiger partial charge < -0.3 is 47.3 Å². The van der Waals surface area contributed by atoms with Crippen LogP contribution in [0.1, 0.15) is 167 Å². The van der Waals surface area contributed by atoms with E-state index in [1.807, 2.05) is 31.4 Å². The van der Waals surface area contributed by atoms with Gasteiger partial charge in [0.2, 0.25) is 0 Å². The summed E-state index contributed by atoms with van der Waals surface area (Å²) in [5.74, 6) is 2.83. The molecule has 468 valence electrons. The van der Waals surface area contributed by atoms with Gasteiger partial charge in [-0.3, -0.25) is 0 Å². The number of ether oxygens (including phenoxy) is 4. The molecule has 0 radical (unpaired) electrons. The lowest BCUT2D eigenvalue weighted by atomic mass is 9.79. The van der Waals surface area contributed by atoms with Crippen molar-refractivity contribution in [2.45, 2.75) is 262 Å². The van der Waals surface area contributed by atoms with Crippen LogP contribution < -0.4 is 0 Å². The third kappa shape index (κ3) is 24.2. The number of aromatic nitrogens is 8. The van der Waals surface area contributed by atoms with Crippen molar-refractivity contribution in [2.24, 2.45) is 0 Å². The Morgan fingerprint density at radius 3 is 1.30 bits per heavy atom. The van der Waals surface area contributed by atoms with E-state index in [0.717, 1.165) is 66.3 Å². The zero-order valence-corrected chi connectivity index (χ0v) is 61.0. The monoisotopic (exact) mass is 1350 g/mol. The SMILES string of the molecule is C[Si](C)(C)CCOCn1cnc(Br)c1C1CC1.C[Si](C)(C)CCOCn1cnc(C2=CCCC2)c1C1CC1.C[Si](C)(C)CCOCn1cnc(C2CC2)c1Br.C[Si](C)(C)CCOCn1cnc(C2CC2)c1C1=CCCC1.OB(O)C1=CCCC1. The maximum atomic E-state index is 8.54. The lowest BCUT2D eigenvalue weighted by Crippen LogP contribution is -2.22. The van der Waals surface area contributed by atoms with Crippen LogP contribution in [0, 0.1) is 0 Å². The summed E-state index contributed by atoms with van der Waals surface area (Å²) in [6, 6.07) is 4.91. The van der Waals surface area contributed by atoms with E-state index in [0.29, 0.717) is 44.7 Å². The number of allylic oxidation sites excluding steroid dienone is 6. The zero-order chi connectivity index (χ0) is 60.7. The third-order valence-corrected chi connectivity index (χ3v) is 24.5. The molecule has 0 atom stereocenters. The number of hydrogen-bond acceptors (Lipinski definition) is 10. The molecule has 0 aliphatic heterocycles. The molecule has 84 heavy (non-hydrogen) atoms. The predicted octanol–water partition coefficient (Wildman–Crippen LogP) is 17.1. The van der Waals surface area contributed by atoms with Crippen molar-refractivity contribution < 1.29 is 29.0 Å². The molecule has 7 aliphatic carbocycles. The van der Waals surface area contributed by atoms with Gasteiger partial charge in [0.15, 0.2) is 0 Å². The topological polar surface area (TPSA) is 149 Å². The van der Waals surface area contributed by atoms with E-state index in [9.17, 15) is 0 Å². The first-order chi connectivity index (χ1) is 39.8. The Kier molecular flexibility index (Phi) is 26.7. The van der Waals surface area contributed by atoms with Crippen LogP contribution in [0.15, 0.2) is 58.2 Å². The fraction of sp³-hybridized carbons (Fsp3) is 0.714. The molecule has 4 aromatic rings. The summed E-state index contributed by atoms with van der Waals surface area (Å²) in [4.78, 5) is 18.2. The van der Waals surface area contributed by atoms with Gasteiger partial charge in [-0.15, -0.1) is 0 Å². The van der Waals surface area contributed by atoms with Gasteiger partial charge in [-0.25, -0.2) is 19.9 Å². The lowest BCUT2D eigenvalue weighted by Gasteiger charge is -2.16. The maximum absolute atomic E-state index is 8.54. The summed E-state index contributed by atoms with van der Waals surface area (Å²) >= 11 is 7.13. The Labute approximate surface area is 527 Å². The highest BCUT2D eigenvalue weighted by Crippen LogP contribution is 2.46. The van der Waals surface area contributed by atoms with Crippen molar-refractivity contribution >= 4 is 82.4 Å². The van der Waals surface area contributed by atoms with Gasteiger partial charge in [0.05, 0.1) is 59.5 Å². The predicted molar refractivity (Wildman–Crippen MR) is 364 cm³/mol. The highest BCUT2D eigenvalue weighted by molar-refractivity contribution is 9.10. The number of hydrogen-bond donors (Lipinski definition) is 2. The van der Waals surface area contributed by atoms with Crippen LogP contribution in [0.2, 0.25) is 103 Å². The van der Waals surface area contributed by atoms with Gasteiger partial charge in [-0.05, 0) is 182 Å². The summed E-state index contributed by atoms with van der Waals surface area (Å²) < 4.78 is 34.2. The van der Waals surface area contributed by atoms with Crippen LogP contribution in [-0.4, -0.2) is 114 Å². The Morgan fingerprint density at radius 1 is 0.464 bits per heavy atom. The van der Waals surface area contributed by atoms with Crippen LogP contribution >= 0.6 is 31.9 Å². The van der Waals surface area contributed by atoms with E-state index in [-0.39, 0.29) is 0 Å². The van der Waals surface area contributed by atoms with Crippen molar-refractivity contribution in [1.82, 2.24) is 38.2 Å². The fourth-order valence-corrected chi connectivity index (χ4v) is 14.5. The molecule has 0 amide bonds. The van der Waals surface area contributed by atoms with Crippen molar-refractivity contribution in [3.05, 3.63) is 92.4 Å². The van der Waals surface area contributed by atoms with Crippen LogP contribution in [-0.2, 0) is 45.9 Å². The van der Waals surface area contributed by atoms with Crippen molar-refractivity contribution in [1.29, 1.82) is 0 Å². The second-order valence-corrected chi connectivity index (χ2v) is 53.4. The summed E-state index contributed by atoms with van der Waals surface area (Å²) in [5.41, 5.74) is 11.7. The Bertz CT molecular complexity index is 2750. The second kappa shape index (κ2) is 32.5. The molecule has 14 nitrogen and oxygen atoms in total. The average molecular weight is 1360 g/mol. The minimum Gasteiger partial charge on any atom is -0.423 e. The summed E-state index contributed by atoms with van der Waals surface area (Å²) in [6.07, 6.45) is 35.2. The molecule has 0 unspecified atom stereocenters. The smallest absolute Gasteiger partial charge is 0.423 e. The Morgan fingerprint density at radius 2 is 0.857 bits per heavy atom. The van der Waals surface area contributed by atoms with Crippen LogP contribution in [0.3, 0.4) is 0 Å². The van der Waals surface area contributed by atoms with E-state index in [1.165, 1.54) is 159 Å². The maximum Gasteiger partial charge on any atom is 0.483 e. The molecule has 4 heterocycles. The highest BCUT2D eigenvalue weighted by Gasteiger charge is 2.34. The average Bonchev–Trinajstić information content (AvgIpc) is 2.58. The molecule has 11 rings (SSSR count). The number of rotatable bonds is 27. The Hall–Kier alpha value is -2.29. The van der Waals surface area contributed by atoms with E-state index in [2.05, 4.69) is 151 Å². The number of halogens is 2. The first-order valence-corrected chi connectivity index (χ1v) is 48.5. The van der Waals surface area contributed by atoms with Crippen LogP contribution in [0.25, 0.3) is 11.1 Å². The van der Waals surface area contributed by atoms with Crippen molar-refractivity contribution in [3.63, 3.8) is 0 Å². The zero-order valence-electron chi connectivity index (χ0n) is 53.8. The molecule has 0 spiro atoms. The third-order valence-electron chi connectivity index (χ3n) is 16.2. The van der Waals surface area contributed by atoms with Gasteiger partial charge in [-0.1, -0.05) is 96.8 Å². The largest absolute Gasteiger partial charge is 0.483 e. The van der Waals surface area contributed by atoms with Gasteiger partial charge in [-0.2, -0.15) is 0 Å². The van der Waals surface area contributed by atoms with Crippen molar-refractivity contribution in [2.75, 3.05) is 26.4 Å². The molecule has 4 aromatic heterocycles. The number of imidazole rings is 4. The highest BCUT2D eigenvalue weighted by atomic mass is 79.9. The molecule has 4 fully saturated rings. The summed E-state index contributed by atoms with van der Waals surface area (Å²) in [5, 5.41) is 17.1. The summed E-state index contributed by atoms with van der Waals surface area (Å²) in [6.45, 7) is 34.7. The molecule has 4 saturated carbocycles. The molecule has 0 saturated heterocycles. The summed E-state index contributed by atoms with van der Waals surface area (Å²) in [7, 11) is -5.13. The normalized spacial score (nSPS) is 18.0. The molecular formula is C63H107BBr2N8O6Si4. The lowest BCUT2D eigenvalue weighted by molar-refractivity contribution is 0.0851. The Balaban J connectivity index is 0.000000154. The van der Waals surface area contributed by atoms with E-state index >= 15 is 0 Å². The van der Waals surface area contributed by atoms with Gasteiger partial charge >= 0.3 is 7.12 Å². The fourth-order valence-electron chi connectivity index (χ4n) is 10.2. The van der Waals surface area contributed by atoms with Gasteiger partial charge in [0.1, 0.15) is 36.1 Å². The minimum absolute atomic E-state index is 0.616. The van der Waals surface area contributed by atoms with E-state index < -0.39 is 39.4 Å². The minimum atomic E-state index is -1.20. The molecule has 2 N–H and O–H groups in total. The molecule has 21 heteroatoms.